The van der Waals surface area contributed by atoms with Crippen LogP contribution < -0.4 is 10.6 Å². The molecule has 3 aromatic rings. The lowest BCUT2D eigenvalue weighted by Gasteiger charge is -2.18. The summed E-state index contributed by atoms with van der Waals surface area (Å²) in [5, 5.41) is 16.0. The van der Waals surface area contributed by atoms with Crippen molar-refractivity contribution in [2.24, 2.45) is 0 Å². The molecule has 2 aliphatic carbocycles. The molecule has 2 aliphatic rings. The number of oxazole rings is 1. The first-order valence-electron chi connectivity index (χ1n) is 8.91. The Morgan fingerprint density at radius 1 is 1.19 bits per heavy atom. The fraction of sp³-hybridized carbons (Fsp3) is 0.300. The third-order valence-corrected chi connectivity index (χ3v) is 5.08. The summed E-state index contributed by atoms with van der Waals surface area (Å²) < 4.78 is 5.74. The number of nitrogens with one attached hydrogen (secondary N) is 2. The molecule has 0 aliphatic heterocycles. The molecule has 1 fully saturated rings. The SMILES string of the molecule is O=C(Nc1ccc2oc(C3CC3)nc2c1)N[C@@H]1c2ccccc2C[C@@H]1O. The number of urea groups is 1. The zero-order valence-corrected chi connectivity index (χ0v) is 14.1. The maximum absolute atomic E-state index is 12.4. The van der Waals surface area contributed by atoms with E-state index in [1.54, 1.807) is 6.07 Å². The minimum absolute atomic E-state index is 0.351. The number of fused-ring (bicyclic) bond motifs is 2. The van der Waals surface area contributed by atoms with Crippen LogP contribution in [0.4, 0.5) is 10.5 Å². The quantitative estimate of drug-likeness (QED) is 0.675. The Hall–Kier alpha value is -2.86. The van der Waals surface area contributed by atoms with Crippen molar-refractivity contribution in [2.45, 2.75) is 37.3 Å². The zero-order valence-electron chi connectivity index (χ0n) is 14.1. The second-order valence-corrected chi connectivity index (χ2v) is 7.06. The molecule has 132 valence electrons. The minimum atomic E-state index is -0.614. The molecule has 2 aromatic carbocycles. The third-order valence-electron chi connectivity index (χ3n) is 5.08. The Kier molecular flexibility index (Phi) is 3.46. The first-order chi connectivity index (χ1) is 12.7. The Balaban J connectivity index is 1.31. The number of aromatic nitrogens is 1. The number of benzene rings is 2. The molecular formula is C20H19N3O3. The number of aliphatic hydroxyl groups is 1. The predicted molar refractivity (Wildman–Crippen MR) is 97.0 cm³/mol. The van der Waals surface area contributed by atoms with Gasteiger partial charge >= 0.3 is 6.03 Å². The molecule has 6 nitrogen and oxygen atoms in total. The highest BCUT2D eigenvalue weighted by Gasteiger charge is 2.32. The van der Waals surface area contributed by atoms with Crippen LogP contribution >= 0.6 is 0 Å². The molecule has 6 heteroatoms. The highest BCUT2D eigenvalue weighted by atomic mass is 16.3. The van der Waals surface area contributed by atoms with Crippen molar-refractivity contribution in [2.75, 3.05) is 5.32 Å². The highest BCUT2D eigenvalue weighted by Crippen LogP contribution is 2.40. The van der Waals surface area contributed by atoms with Gasteiger partial charge in [-0.25, -0.2) is 9.78 Å². The van der Waals surface area contributed by atoms with E-state index in [1.807, 2.05) is 36.4 Å². The first-order valence-corrected chi connectivity index (χ1v) is 8.91. The van der Waals surface area contributed by atoms with E-state index < -0.39 is 12.1 Å². The predicted octanol–water partition coefficient (Wildman–Crippen LogP) is 3.49. The van der Waals surface area contributed by atoms with E-state index in [0.717, 1.165) is 41.0 Å². The van der Waals surface area contributed by atoms with Crippen LogP contribution in [0.5, 0.6) is 0 Å². The molecule has 0 spiro atoms. The van der Waals surface area contributed by atoms with Gasteiger partial charge < -0.3 is 20.2 Å². The van der Waals surface area contributed by atoms with Crippen LogP contribution in [0.15, 0.2) is 46.9 Å². The van der Waals surface area contributed by atoms with Gasteiger partial charge in [-0.3, -0.25) is 0 Å². The van der Waals surface area contributed by atoms with Crippen LogP contribution in [0, 0.1) is 0 Å². The Bertz CT molecular complexity index is 993. The summed E-state index contributed by atoms with van der Waals surface area (Å²) in [7, 11) is 0. The second-order valence-electron chi connectivity index (χ2n) is 7.06. The Labute approximate surface area is 150 Å². The first kappa shape index (κ1) is 15.4. The van der Waals surface area contributed by atoms with Gasteiger partial charge in [0.2, 0.25) is 0 Å². The number of carbonyl (C=O) groups is 1. The molecule has 1 heterocycles. The summed E-state index contributed by atoms with van der Waals surface area (Å²) >= 11 is 0. The molecule has 1 aromatic heterocycles. The molecule has 3 N–H and O–H groups in total. The van der Waals surface area contributed by atoms with E-state index in [1.165, 1.54) is 0 Å². The van der Waals surface area contributed by atoms with Crippen LogP contribution in [0.3, 0.4) is 0 Å². The number of hydrogen-bond donors (Lipinski definition) is 3. The van der Waals surface area contributed by atoms with E-state index in [0.29, 0.717) is 18.0 Å². The summed E-state index contributed by atoms with van der Waals surface area (Å²) in [6, 6.07) is 12.5. The van der Waals surface area contributed by atoms with Crippen LogP contribution in [0.2, 0.25) is 0 Å². The third kappa shape index (κ3) is 2.72. The summed E-state index contributed by atoms with van der Waals surface area (Å²) in [5.74, 6) is 1.23. The standard InChI is InChI=1S/C20H19N3O3/c24-16-9-12-3-1-2-4-14(12)18(16)23-20(25)21-13-7-8-17-15(10-13)22-19(26-17)11-5-6-11/h1-4,7-8,10-11,16,18,24H,5-6,9H2,(H2,21,23,25)/t16-,18+/m0/s1. The molecular weight excluding hydrogens is 330 g/mol. The van der Waals surface area contributed by atoms with Gasteiger partial charge in [0.25, 0.3) is 0 Å². The number of amides is 2. The van der Waals surface area contributed by atoms with E-state index in [9.17, 15) is 9.90 Å². The number of hydrogen-bond acceptors (Lipinski definition) is 4. The van der Waals surface area contributed by atoms with Crippen LogP contribution in [0.1, 0.15) is 41.8 Å². The Morgan fingerprint density at radius 3 is 2.88 bits per heavy atom. The van der Waals surface area contributed by atoms with E-state index in [4.69, 9.17) is 4.42 Å². The van der Waals surface area contributed by atoms with Crippen molar-refractivity contribution in [1.29, 1.82) is 0 Å². The summed E-state index contributed by atoms with van der Waals surface area (Å²) in [5.41, 5.74) is 4.17. The summed E-state index contributed by atoms with van der Waals surface area (Å²) in [6.07, 6.45) is 2.20. The molecule has 26 heavy (non-hydrogen) atoms. The molecule has 0 saturated heterocycles. The number of anilines is 1. The Morgan fingerprint density at radius 2 is 2.04 bits per heavy atom. The number of carbonyl (C=O) groups excluding carboxylic acids is 1. The van der Waals surface area contributed by atoms with E-state index in [2.05, 4.69) is 15.6 Å². The molecule has 5 rings (SSSR count). The van der Waals surface area contributed by atoms with Crippen molar-refractivity contribution in [3.05, 3.63) is 59.5 Å². The molecule has 2 amide bonds. The molecule has 0 bridgehead atoms. The van der Waals surface area contributed by atoms with Gasteiger partial charge in [0.05, 0.1) is 12.1 Å². The van der Waals surface area contributed by atoms with Crippen molar-refractivity contribution in [3.63, 3.8) is 0 Å². The fourth-order valence-electron chi connectivity index (χ4n) is 3.58. The largest absolute Gasteiger partial charge is 0.440 e. The number of nitrogens with zero attached hydrogens (tertiary/aromatic N) is 1. The van der Waals surface area contributed by atoms with Gasteiger partial charge in [-0.1, -0.05) is 24.3 Å². The summed E-state index contributed by atoms with van der Waals surface area (Å²) in [4.78, 5) is 16.9. The van der Waals surface area contributed by atoms with Gasteiger partial charge in [0, 0.05) is 18.0 Å². The normalized spacial score (nSPS) is 21.6. The van der Waals surface area contributed by atoms with E-state index >= 15 is 0 Å². The summed E-state index contributed by atoms with van der Waals surface area (Å²) in [6.45, 7) is 0. The monoisotopic (exact) mass is 349 g/mol. The van der Waals surface area contributed by atoms with Gasteiger partial charge in [-0.15, -0.1) is 0 Å². The smallest absolute Gasteiger partial charge is 0.319 e. The topological polar surface area (TPSA) is 87.4 Å². The van der Waals surface area contributed by atoms with Gasteiger partial charge in [0.15, 0.2) is 11.5 Å². The van der Waals surface area contributed by atoms with Crippen LogP contribution in [-0.4, -0.2) is 22.2 Å². The van der Waals surface area contributed by atoms with Crippen molar-refractivity contribution in [1.82, 2.24) is 10.3 Å². The van der Waals surface area contributed by atoms with Crippen molar-refractivity contribution >= 4 is 22.8 Å². The number of rotatable bonds is 3. The maximum atomic E-state index is 12.4. The molecule has 2 atom stereocenters. The van der Waals surface area contributed by atoms with Gasteiger partial charge in [0.1, 0.15) is 5.52 Å². The lowest BCUT2D eigenvalue weighted by atomic mass is 10.1. The van der Waals surface area contributed by atoms with Gasteiger partial charge in [-0.2, -0.15) is 0 Å². The second kappa shape index (κ2) is 5.85. The maximum Gasteiger partial charge on any atom is 0.319 e. The minimum Gasteiger partial charge on any atom is -0.440 e. The van der Waals surface area contributed by atoms with Gasteiger partial charge in [-0.05, 0) is 42.2 Å². The lowest BCUT2D eigenvalue weighted by molar-refractivity contribution is 0.144. The lowest BCUT2D eigenvalue weighted by Crippen LogP contribution is -2.36. The zero-order chi connectivity index (χ0) is 17.7. The average molecular weight is 349 g/mol. The van der Waals surface area contributed by atoms with E-state index in [-0.39, 0.29) is 6.03 Å². The molecule has 0 radical (unpaired) electrons. The van der Waals surface area contributed by atoms with Crippen molar-refractivity contribution in [3.8, 4) is 0 Å². The fourth-order valence-corrected chi connectivity index (χ4v) is 3.58. The number of aliphatic hydroxyl groups excluding tert-OH is 1. The molecule has 1 saturated carbocycles. The molecule has 0 unspecified atom stereocenters. The average Bonchev–Trinajstić information content (AvgIpc) is 3.32. The van der Waals surface area contributed by atoms with Crippen LogP contribution in [-0.2, 0) is 6.42 Å². The van der Waals surface area contributed by atoms with Crippen LogP contribution in [0.25, 0.3) is 11.1 Å². The highest BCUT2D eigenvalue weighted by molar-refractivity contribution is 5.92. The van der Waals surface area contributed by atoms with Crippen molar-refractivity contribution < 1.29 is 14.3 Å².